The number of anilines is 1. The Labute approximate surface area is 206 Å². The van der Waals surface area contributed by atoms with E-state index in [0.29, 0.717) is 36.7 Å². The van der Waals surface area contributed by atoms with Gasteiger partial charge >= 0.3 is 6.18 Å². The molecule has 1 aliphatic rings. The quantitative estimate of drug-likeness (QED) is 0.426. The van der Waals surface area contributed by atoms with Crippen molar-refractivity contribution in [3.05, 3.63) is 54.0 Å². The number of likely N-dealkylation sites (tertiary alicyclic amines) is 1. The first-order chi connectivity index (χ1) is 17.0. The van der Waals surface area contributed by atoms with Gasteiger partial charge in [0.2, 0.25) is 5.91 Å². The third-order valence-electron chi connectivity index (χ3n) is 6.61. The second-order valence-electron chi connectivity index (χ2n) is 9.16. The summed E-state index contributed by atoms with van der Waals surface area (Å²) in [6.45, 7) is 3.46. The highest BCUT2D eigenvalue weighted by molar-refractivity contribution is 5.87. The number of piperidine rings is 1. The molecule has 4 N–H and O–H groups in total. The number of nitrogens with zero attached hydrogens (tertiary/aromatic N) is 5. The first kappa shape index (κ1) is 25.9. The first-order valence-electron chi connectivity index (χ1n) is 11.6. The number of carbonyl (C=O) groups is 1. The van der Waals surface area contributed by atoms with Crippen molar-refractivity contribution < 1.29 is 28.2 Å². The molecule has 36 heavy (non-hydrogen) atoms. The molecular weight excluding hydrogens is 477 g/mol. The largest absolute Gasteiger partial charge is 0.416 e. The van der Waals surface area contributed by atoms with Crippen LogP contribution >= 0.6 is 0 Å². The van der Waals surface area contributed by atoms with Crippen molar-refractivity contribution in [1.29, 1.82) is 0 Å². The average molecular weight is 507 g/mol. The van der Waals surface area contributed by atoms with E-state index in [1.807, 2.05) is 17.9 Å². The minimum atomic E-state index is -4.39. The molecule has 1 unspecified atom stereocenters. The maximum atomic E-state index is 12.9. The predicted octanol–water partition coefficient (Wildman–Crippen LogP) is 1.76. The van der Waals surface area contributed by atoms with E-state index in [0.717, 1.165) is 17.5 Å². The van der Waals surface area contributed by atoms with E-state index in [4.69, 9.17) is 5.73 Å². The second-order valence-corrected chi connectivity index (χ2v) is 9.16. The van der Waals surface area contributed by atoms with Gasteiger partial charge in [-0.05, 0) is 37.1 Å². The van der Waals surface area contributed by atoms with Crippen molar-refractivity contribution >= 4 is 22.8 Å². The number of benzene rings is 1. The Morgan fingerprint density at radius 3 is 2.58 bits per heavy atom. The fourth-order valence-corrected chi connectivity index (χ4v) is 4.59. The van der Waals surface area contributed by atoms with E-state index in [-0.39, 0.29) is 26.1 Å². The molecule has 0 radical (unpaired) electrons. The monoisotopic (exact) mass is 506 g/mol. The van der Waals surface area contributed by atoms with Crippen LogP contribution in [-0.2, 0) is 24.1 Å². The number of halogens is 3. The Balaban J connectivity index is 1.54. The molecule has 4 rings (SSSR count). The molecular formula is C24H29F3N6O3. The molecule has 0 bridgehead atoms. The smallest absolute Gasteiger partial charge is 0.389 e. The van der Waals surface area contributed by atoms with Crippen molar-refractivity contribution in [3.8, 4) is 0 Å². The number of aliphatic hydroxyl groups is 2. The van der Waals surface area contributed by atoms with E-state index in [1.165, 1.54) is 18.5 Å². The SMILES string of the molecule is CCN(Cc1ccc(C(F)(F)F)cc1)c1ncnc2c1ccn2C[C@]1(O)CCN(CC(N)=O)CC1O. The third-order valence-corrected chi connectivity index (χ3v) is 6.61. The fourth-order valence-electron chi connectivity index (χ4n) is 4.59. The van der Waals surface area contributed by atoms with Crippen LogP contribution in [0.4, 0.5) is 19.0 Å². The molecule has 1 amide bonds. The molecule has 1 aliphatic heterocycles. The van der Waals surface area contributed by atoms with Crippen LogP contribution in [0.25, 0.3) is 11.0 Å². The molecule has 2 atom stereocenters. The van der Waals surface area contributed by atoms with Gasteiger partial charge in [0, 0.05) is 32.4 Å². The van der Waals surface area contributed by atoms with Gasteiger partial charge in [-0.25, -0.2) is 9.97 Å². The maximum absolute atomic E-state index is 12.9. The van der Waals surface area contributed by atoms with Gasteiger partial charge in [0.15, 0.2) is 0 Å². The van der Waals surface area contributed by atoms with Gasteiger partial charge in [-0.1, -0.05) is 12.1 Å². The van der Waals surface area contributed by atoms with Crippen molar-refractivity contribution in [2.75, 3.05) is 31.1 Å². The lowest BCUT2D eigenvalue weighted by molar-refractivity contribution is -0.137. The van der Waals surface area contributed by atoms with E-state index < -0.39 is 29.4 Å². The summed E-state index contributed by atoms with van der Waals surface area (Å²) < 4.78 is 40.4. The van der Waals surface area contributed by atoms with Crippen molar-refractivity contribution in [2.45, 2.75) is 44.3 Å². The van der Waals surface area contributed by atoms with Crippen LogP contribution in [0.5, 0.6) is 0 Å². The first-order valence-corrected chi connectivity index (χ1v) is 11.6. The summed E-state index contributed by atoms with van der Waals surface area (Å²) in [5, 5.41) is 22.5. The molecule has 0 saturated carbocycles. The molecule has 1 aromatic carbocycles. The Bertz CT molecular complexity index is 1220. The number of hydrogen-bond donors (Lipinski definition) is 3. The Morgan fingerprint density at radius 1 is 1.25 bits per heavy atom. The number of fused-ring (bicyclic) bond motifs is 1. The number of alkyl halides is 3. The second kappa shape index (κ2) is 10.0. The molecule has 9 nitrogen and oxygen atoms in total. The lowest BCUT2D eigenvalue weighted by Crippen LogP contribution is -2.58. The van der Waals surface area contributed by atoms with Crippen LogP contribution in [0.2, 0.25) is 0 Å². The number of primary amides is 1. The number of hydrogen-bond acceptors (Lipinski definition) is 7. The zero-order valence-electron chi connectivity index (χ0n) is 19.8. The molecule has 3 heterocycles. The number of aliphatic hydroxyl groups excluding tert-OH is 1. The topological polar surface area (TPSA) is 121 Å². The van der Waals surface area contributed by atoms with Crippen LogP contribution in [0.1, 0.15) is 24.5 Å². The van der Waals surface area contributed by atoms with E-state index in [2.05, 4.69) is 9.97 Å². The number of aromatic nitrogens is 3. The highest BCUT2D eigenvalue weighted by Gasteiger charge is 2.41. The summed E-state index contributed by atoms with van der Waals surface area (Å²) in [6.07, 6.45) is -2.07. The molecule has 2 aromatic heterocycles. The highest BCUT2D eigenvalue weighted by atomic mass is 19.4. The Morgan fingerprint density at radius 2 is 1.97 bits per heavy atom. The van der Waals surface area contributed by atoms with E-state index in [1.54, 1.807) is 15.7 Å². The van der Waals surface area contributed by atoms with Crippen LogP contribution < -0.4 is 10.6 Å². The van der Waals surface area contributed by atoms with E-state index in [9.17, 15) is 28.2 Å². The van der Waals surface area contributed by atoms with Crippen LogP contribution in [-0.4, -0.2) is 73.4 Å². The minimum absolute atomic E-state index is 0.0158. The summed E-state index contributed by atoms with van der Waals surface area (Å²) in [6, 6.07) is 6.86. The summed E-state index contributed by atoms with van der Waals surface area (Å²) in [5.74, 6) is 0.120. The van der Waals surface area contributed by atoms with Crippen LogP contribution in [0.3, 0.4) is 0 Å². The van der Waals surface area contributed by atoms with Gasteiger partial charge in [0.25, 0.3) is 0 Å². The fraction of sp³-hybridized carbons (Fsp3) is 0.458. The lowest BCUT2D eigenvalue weighted by Gasteiger charge is -2.42. The molecule has 3 aromatic rings. The van der Waals surface area contributed by atoms with Gasteiger partial charge < -0.3 is 25.4 Å². The minimum Gasteiger partial charge on any atom is -0.389 e. The standard InChI is InChI=1S/C24H29F3N6O3/c1-2-32(11-16-3-5-17(6-4-16)24(25,26)27)21-18-7-9-33(22(18)30-15-29-21)14-23(36)8-10-31(12-19(23)34)13-20(28)35/h3-7,9,15,19,34,36H,2,8,10-14H2,1H3,(H2,28,35)/t19?,23-/m1/s1. The van der Waals surface area contributed by atoms with Crippen LogP contribution in [0, 0.1) is 0 Å². The zero-order valence-corrected chi connectivity index (χ0v) is 19.8. The predicted molar refractivity (Wildman–Crippen MR) is 127 cm³/mol. The third kappa shape index (κ3) is 5.45. The zero-order chi connectivity index (χ0) is 26.1. The van der Waals surface area contributed by atoms with E-state index >= 15 is 0 Å². The molecule has 1 fully saturated rings. The van der Waals surface area contributed by atoms with Crippen LogP contribution in [0.15, 0.2) is 42.9 Å². The molecule has 12 heteroatoms. The number of nitrogens with two attached hydrogens (primary N) is 1. The number of β-amino-alcohol motifs (C(OH)–C–C–N with tert-alkyl or cyclic N) is 1. The van der Waals surface area contributed by atoms with Gasteiger partial charge in [-0.3, -0.25) is 9.69 Å². The summed E-state index contributed by atoms with van der Waals surface area (Å²) in [5.41, 5.74) is 4.39. The van der Waals surface area contributed by atoms with Gasteiger partial charge in [0.1, 0.15) is 23.4 Å². The number of carbonyl (C=O) groups excluding carboxylic acids is 1. The average Bonchev–Trinajstić information content (AvgIpc) is 3.22. The molecule has 0 spiro atoms. The summed E-state index contributed by atoms with van der Waals surface area (Å²) in [7, 11) is 0. The molecule has 1 saturated heterocycles. The Hall–Kier alpha value is -3.22. The van der Waals surface area contributed by atoms with Crippen molar-refractivity contribution in [2.24, 2.45) is 5.73 Å². The molecule has 0 aliphatic carbocycles. The normalized spacial score (nSPS) is 21.1. The number of rotatable bonds is 8. The van der Waals surface area contributed by atoms with Crippen molar-refractivity contribution in [1.82, 2.24) is 19.4 Å². The molecule has 194 valence electrons. The summed E-state index contributed by atoms with van der Waals surface area (Å²) >= 11 is 0. The maximum Gasteiger partial charge on any atom is 0.416 e. The van der Waals surface area contributed by atoms with Gasteiger partial charge in [-0.15, -0.1) is 0 Å². The number of amides is 1. The van der Waals surface area contributed by atoms with Gasteiger partial charge in [0.05, 0.1) is 30.1 Å². The van der Waals surface area contributed by atoms with Crippen molar-refractivity contribution in [3.63, 3.8) is 0 Å². The summed E-state index contributed by atoms with van der Waals surface area (Å²) in [4.78, 5) is 23.6. The van der Waals surface area contributed by atoms with Gasteiger partial charge in [-0.2, -0.15) is 13.2 Å². The lowest BCUT2D eigenvalue weighted by atomic mass is 9.88. The highest BCUT2D eigenvalue weighted by Crippen LogP contribution is 2.31. The Kier molecular flexibility index (Phi) is 7.21.